The van der Waals surface area contributed by atoms with Crippen molar-refractivity contribution in [3.05, 3.63) is 57.6 Å². The molecule has 26 heavy (non-hydrogen) atoms. The summed E-state index contributed by atoms with van der Waals surface area (Å²) in [6, 6.07) is 8.59. The summed E-state index contributed by atoms with van der Waals surface area (Å²) in [6.45, 7) is 0. The van der Waals surface area contributed by atoms with Crippen LogP contribution in [0, 0.1) is 22.7 Å². The number of benzene rings is 2. The van der Waals surface area contributed by atoms with E-state index in [4.69, 9.17) is 21.6 Å². The smallest absolute Gasteiger partial charge is 0.376 e. The molecule has 0 saturated heterocycles. The summed E-state index contributed by atoms with van der Waals surface area (Å²) in [7, 11) is 0. The van der Waals surface area contributed by atoms with Crippen molar-refractivity contribution in [2.75, 3.05) is 0 Å². The summed E-state index contributed by atoms with van der Waals surface area (Å²) >= 11 is 5.81. The fourth-order valence-corrected chi connectivity index (χ4v) is 2.78. The normalized spacial score (nSPS) is 16.5. The maximum atomic E-state index is 13.8. The summed E-state index contributed by atoms with van der Waals surface area (Å²) < 4.78 is 60.2. The number of nitriles is 2. The Morgan fingerprint density at radius 2 is 1.69 bits per heavy atom. The van der Waals surface area contributed by atoms with E-state index in [2.05, 4.69) is 0 Å². The van der Waals surface area contributed by atoms with Crippen LogP contribution in [0.5, 0.6) is 11.5 Å². The van der Waals surface area contributed by atoms with E-state index >= 15 is 0 Å². The lowest BCUT2D eigenvalue weighted by atomic mass is 10.0. The minimum absolute atomic E-state index is 0.0329. The van der Waals surface area contributed by atoms with Gasteiger partial charge in [0, 0.05) is 10.6 Å². The molecule has 0 spiro atoms. The first kappa shape index (κ1) is 17.7. The monoisotopic (exact) mass is 380 g/mol. The molecule has 9 heteroatoms. The van der Waals surface area contributed by atoms with Gasteiger partial charge in [-0.2, -0.15) is 28.1 Å². The number of carbonyl (C=O) groups excluding carboxylic acids is 1. The molecule has 0 unspecified atom stereocenters. The quantitative estimate of drug-likeness (QED) is 0.701. The van der Waals surface area contributed by atoms with Crippen LogP contribution in [0.4, 0.5) is 17.6 Å². The Morgan fingerprint density at radius 3 is 2.31 bits per heavy atom. The molecule has 3 rings (SSSR count). The Balaban J connectivity index is 2.16. The maximum absolute atomic E-state index is 13.8. The third kappa shape index (κ3) is 2.39. The molecule has 130 valence electrons. The number of hydrogen-bond acceptors (Lipinski definition) is 4. The Morgan fingerprint density at radius 1 is 1.00 bits per heavy atom. The van der Waals surface area contributed by atoms with Gasteiger partial charge in [0.1, 0.15) is 23.1 Å². The number of alkyl halides is 4. The molecule has 0 aliphatic heterocycles. The molecule has 0 radical (unpaired) electrons. The van der Waals surface area contributed by atoms with Crippen molar-refractivity contribution in [3.63, 3.8) is 0 Å². The number of ether oxygens (including phenoxy) is 1. The average molecular weight is 381 g/mol. The summed E-state index contributed by atoms with van der Waals surface area (Å²) in [5.41, 5.74) is -2.95. The van der Waals surface area contributed by atoms with Gasteiger partial charge in [-0.3, -0.25) is 4.79 Å². The van der Waals surface area contributed by atoms with Gasteiger partial charge in [0.15, 0.2) is 0 Å². The van der Waals surface area contributed by atoms with Gasteiger partial charge in [0.05, 0.1) is 17.2 Å². The zero-order chi connectivity index (χ0) is 19.3. The first-order chi connectivity index (χ1) is 12.1. The van der Waals surface area contributed by atoms with Crippen LogP contribution in [0.3, 0.4) is 0 Å². The summed E-state index contributed by atoms with van der Waals surface area (Å²) in [6.07, 6.45) is 0. The molecule has 0 saturated carbocycles. The minimum Gasteiger partial charge on any atom is -0.456 e. The van der Waals surface area contributed by atoms with Gasteiger partial charge >= 0.3 is 11.8 Å². The van der Waals surface area contributed by atoms with E-state index < -0.39 is 34.3 Å². The van der Waals surface area contributed by atoms with Gasteiger partial charge in [-0.25, -0.2) is 0 Å². The van der Waals surface area contributed by atoms with E-state index in [1.807, 2.05) is 6.07 Å². The number of hydrogen-bond donors (Lipinski definition) is 0. The zero-order valence-corrected chi connectivity index (χ0v) is 13.2. The lowest BCUT2D eigenvalue weighted by molar-refractivity contribution is -0.176. The highest BCUT2D eigenvalue weighted by molar-refractivity contribution is 6.30. The molecule has 0 N–H and O–H groups in total. The molecule has 0 bridgehead atoms. The summed E-state index contributed by atoms with van der Waals surface area (Å²) in [5, 5.41) is 18.2. The van der Waals surface area contributed by atoms with Crippen molar-refractivity contribution in [2.24, 2.45) is 0 Å². The fourth-order valence-electron chi connectivity index (χ4n) is 2.56. The number of ketones is 1. The second-order valence-electron chi connectivity index (χ2n) is 5.34. The number of halogens is 5. The topological polar surface area (TPSA) is 73.9 Å². The van der Waals surface area contributed by atoms with Gasteiger partial charge < -0.3 is 4.74 Å². The van der Waals surface area contributed by atoms with Crippen LogP contribution >= 0.6 is 11.6 Å². The van der Waals surface area contributed by atoms with Crippen LogP contribution in [0.2, 0.25) is 5.02 Å². The first-order valence-corrected chi connectivity index (χ1v) is 7.28. The highest BCUT2D eigenvalue weighted by Crippen LogP contribution is 2.53. The second-order valence-corrected chi connectivity index (χ2v) is 5.78. The van der Waals surface area contributed by atoms with E-state index in [-0.39, 0.29) is 22.1 Å². The molecule has 4 nitrogen and oxygen atoms in total. The van der Waals surface area contributed by atoms with Crippen LogP contribution in [0.15, 0.2) is 30.3 Å². The van der Waals surface area contributed by atoms with Gasteiger partial charge in [-0.1, -0.05) is 11.6 Å². The number of nitrogens with zero attached hydrogens (tertiary/aromatic N) is 2. The average Bonchev–Trinajstić information content (AvgIpc) is 2.72. The number of Topliss-reactive ketones (excluding diaryl/α,β-unsaturated/α-hetero) is 1. The Kier molecular flexibility index (Phi) is 3.90. The van der Waals surface area contributed by atoms with E-state index in [0.29, 0.717) is 6.07 Å². The van der Waals surface area contributed by atoms with Gasteiger partial charge in [-0.15, -0.1) is 0 Å². The molecule has 0 aromatic heterocycles. The standard InChI is InChI=1S/C17H5ClF4N2O2/c18-9-3-8(6-23)4-10(5-9)26-13-2-1-12-14(11(13)7-24)15(25)17(21,22)16(12,19)20/h1-5H. The van der Waals surface area contributed by atoms with Crippen molar-refractivity contribution >= 4 is 17.4 Å². The molecule has 0 amide bonds. The van der Waals surface area contributed by atoms with Crippen molar-refractivity contribution in [2.45, 2.75) is 11.8 Å². The van der Waals surface area contributed by atoms with Crippen molar-refractivity contribution in [1.82, 2.24) is 0 Å². The number of fused-ring (bicyclic) bond motifs is 1. The molecular weight excluding hydrogens is 376 g/mol. The van der Waals surface area contributed by atoms with E-state index in [1.54, 1.807) is 0 Å². The van der Waals surface area contributed by atoms with E-state index in [1.165, 1.54) is 24.3 Å². The fraction of sp³-hybridized carbons (Fsp3) is 0.118. The van der Waals surface area contributed by atoms with Gasteiger partial charge in [0.2, 0.25) is 5.78 Å². The Hall–Kier alpha value is -3.10. The van der Waals surface area contributed by atoms with Crippen LogP contribution in [0.1, 0.15) is 27.0 Å². The predicted octanol–water partition coefficient (Wildman–Crippen LogP) is 4.80. The number of rotatable bonds is 2. The molecule has 1 aliphatic carbocycles. The van der Waals surface area contributed by atoms with Crippen molar-refractivity contribution in [1.29, 1.82) is 10.5 Å². The van der Waals surface area contributed by atoms with Crippen LogP contribution in [-0.2, 0) is 5.92 Å². The summed E-state index contributed by atoms with van der Waals surface area (Å²) in [4.78, 5) is 11.8. The Bertz CT molecular complexity index is 1040. The Labute approximate surface area is 148 Å². The van der Waals surface area contributed by atoms with E-state index in [0.717, 1.165) is 6.07 Å². The van der Waals surface area contributed by atoms with Crippen LogP contribution in [-0.4, -0.2) is 11.7 Å². The van der Waals surface area contributed by atoms with E-state index in [9.17, 15) is 27.6 Å². The lowest BCUT2D eigenvalue weighted by Crippen LogP contribution is -2.38. The largest absolute Gasteiger partial charge is 0.456 e. The predicted molar refractivity (Wildman–Crippen MR) is 80.6 cm³/mol. The molecule has 0 fully saturated rings. The first-order valence-electron chi connectivity index (χ1n) is 6.90. The molecule has 2 aromatic rings. The van der Waals surface area contributed by atoms with Crippen LogP contribution < -0.4 is 4.74 Å². The molecule has 0 heterocycles. The molecule has 0 atom stereocenters. The maximum Gasteiger partial charge on any atom is 0.376 e. The molecule has 2 aromatic carbocycles. The SMILES string of the molecule is N#Cc1cc(Cl)cc(Oc2ccc3c(c2C#N)C(=O)C(F)(F)C3(F)F)c1. The molecule has 1 aliphatic rings. The van der Waals surface area contributed by atoms with Gasteiger partial charge in [-0.05, 0) is 30.3 Å². The van der Waals surface area contributed by atoms with Crippen molar-refractivity contribution in [3.8, 4) is 23.6 Å². The highest BCUT2D eigenvalue weighted by atomic mass is 35.5. The van der Waals surface area contributed by atoms with Crippen molar-refractivity contribution < 1.29 is 27.1 Å². The summed E-state index contributed by atoms with van der Waals surface area (Å²) in [5.74, 6) is -12.3. The zero-order valence-electron chi connectivity index (χ0n) is 12.5. The lowest BCUT2D eigenvalue weighted by Gasteiger charge is -2.17. The van der Waals surface area contributed by atoms with Gasteiger partial charge in [0.25, 0.3) is 0 Å². The minimum atomic E-state index is -4.95. The molecular formula is C17H5ClF4N2O2. The second kappa shape index (κ2) is 5.72. The third-order valence-electron chi connectivity index (χ3n) is 3.75. The highest BCUT2D eigenvalue weighted by Gasteiger charge is 2.69. The third-order valence-corrected chi connectivity index (χ3v) is 3.97. The van der Waals surface area contributed by atoms with Crippen LogP contribution in [0.25, 0.3) is 0 Å². The number of carbonyl (C=O) groups is 1.